The van der Waals surface area contributed by atoms with Crippen molar-refractivity contribution in [1.82, 2.24) is 10.2 Å². The number of carbonyl (C=O) groups excluding carboxylic acids is 1. The van der Waals surface area contributed by atoms with E-state index in [1.807, 2.05) is 11.0 Å². The molecule has 0 aromatic heterocycles. The summed E-state index contributed by atoms with van der Waals surface area (Å²) in [5.74, 6) is 1.66. The van der Waals surface area contributed by atoms with Crippen molar-refractivity contribution in [1.29, 1.82) is 0 Å². The normalized spacial score (nSPS) is 23.3. The Morgan fingerprint density at radius 3 is 3.09 bits per heavy atom. The first-order valence-electron chi connectivity index (χ1n) is 8.68. The Kier molecular flexibility index (Phi) is 4.12. The Hall–Kier alpha value is -1.75. The minimum atomic E-state index is 0.0645. The molecule has 124 valence electrons. The molecule has 0 bridgehead atoms. The summed E-state index contributed by atoms with van der Waals surface area (Å²) in [4.78, 5) is 14.4. The quantitative estimate of drug-likeness (QED) is 0.924. The van der Waals surface area contributed by atoms with Crippen LogP contribution in [-0.4, -0.2) is 49.9 Å². The second-order valence-corrected chi connectivity index (χ2v) is 6.70. The third-order valence-corrected chi connectivity index (χ3v) is 5.04. The van der Waals surface area contributed by atoms with E-state index in [-0.39, 0.29) is 12.1 Å². The lowest BCUT2D eigenvalue weighted by atomic mass is 10.1. The molecule has 1 aromatic carbocycles. The van der Waals surface area contributed by atoms with Crippen LogP contribution >= 0.6 is 0 Å². The number of urea groups is 1. The van der Waals surface area contributed by atoms with Crippen molar-refractivity contribution in [3.05, 3.63) is 29.3 Å². The lowest BCUT2D eigenvalue weighted by molar-refractivity contribution is 0.00477. The Labute approximate surface area is 136 Å². The van der Waals surface area contributed by atoms with E-state index >= 15 is 0 Å². The molecule has 1 aliphatic carbocycles. The standard InChI is InChI=1S/C18H24N2O3/c21-18(20-8-10-22-12-16(20)14-2-3-14)19-7-5-13-1-4-17-15(11-13)6-9-23-17/h1,4,11,14,16H,2-3,5-10,12H2,(H,19,21)/t16-/m1/s1. The first-order chi connectivity index (χ1) is 11.3. The fourth-order valence-electron chi connectivity index (χ4n) is 3.56. The molecule has 0 radical (unpaired) electrons. The van der Waals surface area contributed by atoms with E-state index in [9.17, 15) is 4.79 Å². The first-order valence-corrected chi connectivity index (χ1v) is 8.68. The summed E-state index contributed by atoms with van der Waals surface area (Å²) >= 11 is 0. The molecular weight excluding hydrogens is 292 g/mol. The molecule has 5 nitrogen and oxygen atoms in total. The molecule has 1 atom stereocenters. The fraction of sp³-hybridized carbons (Fsp3) is 0.611. The molecule has 1 aromatic rings. The average Bonchev–Trinajstić information content (AvgIpc) is 3.32. The summed E-state index contributed by atoms with van der Waals surface area (Å²) in [5.41, 5.74) is 2.55. The number of nitrogens with one attached hydrogen (secondary N) is 1. The molecule has 0 unspecified atom stereocenters. The summed E-state index contributed by atoms with van der Waals surface area (Å²) in [7, 11) is 0. The van der Waals surface area contributed by atoms with Gasteiger partial charge in [-0.05, 0) is 42.4 Å². The number of nitrogens with zero attached hydrogens (tertiary/aromatic N) is 1. The third-order valence-electron chi connectivity index (χ3n) is 5.04. The van der Waals surface area contributed by atoms with E-state index in [4.69, 9.17) is 9.47 Å². The Morgan fingerprint density at radius 1 is 1.30 bits per heavy atom. The van der Waals surface area contributed by atoms with Crippen LogP contribution in [0.25, 0.3) is 0 Å². The van der Waals surface area contributed by atoms with E-state index in [0.717, 1.165) is 25.2 Å². The van der Waals surface area contributed by atoms with Crippen molar-refractivity contribution < 1.29 is 14.3 Å². The van der Waals surface area contributed by atoms with E-state index in [2.05, 4.69) is 17.4 Å². The monoisotopic (exact) mass is 316 g/mol. The number of rotatable bonds is 4. The molecule has 1 saturated heterocycles. The molecule has 1 N–H and O–H groups in total. The van der Waals surface area contributed by atoms with Gasteiger partial charge in [-0.15, -0.1) is 0 Å². The largest absolute Gasteiger partial charge is 0.493 e. The van der Waals surface area contributed by atoms with Gasteiger partial charge >= 0.3 is 6.03 Å². The summed E-state index contributed by atoms with van der Waals surface area (Å²) in [6, 6.07) is 6.69. The number of morpholine rings is 1. The van der Waals surface area contributed by atoms with Crippen LogP contribution < -0.4 is 10.1 Å². The molecule has 5 heteroatoms. The smallest absolute Gasteiger partial charge is 0.317 e. The van der Waals surface area contributed by atoms with Crippen LogP contribution in [0.15, 0.2) is 18.2 Å². The molecule has 1 saturated carbocycles. The van der Waals surface area contributed by atoms with Gasteiger partial charge in [0.15, 0.2) is 0 Å². The van der Waals surface area contributed by atoms with Crippen molar-refractivity contribution in [2.45, 2.75) is 31.7 Å². The highest BCUT2D eigenvalue weighted by Gasteiger charge is 2.39. The Balaban J connectivity index is 1.29. The maximum absolute atomic E-state index is 12.5. The zero-order valence-corrected chi connectivity index (χ0v) is 13.4. The van der Waals surface area contributed by atoms with Crippen LogP contribution in [-0.2, 0) is 17.6 Å². The van der Waals surface area contributed by atoms with E-state index < -0.39 is 0 Å². The van der Waals surface area contributed by atoms with Crippen LogP contribution in [0.3, 0.4) is 0 Å². The number of benzene rings is 1. The van der Waals surface area contributed by atoms with Gasteiger partial charge in [0.05, 0.1) is 25.9 Å². The van der Waals surface area contributed by atoms with Gasteiger partial charge in [-0.2, -0.15) is 0 Å². The Morgan fingerprint density at radius 2 is 2.22 bits per heavy atom. The predicted molar refractivity (Wildman–Crippen MR) is 86.8 cm³/mol. The van der Waals surface area contributed by atoms with E-state index in [1.54, 1.807) is 0 Å². The van der Waals surface area contributed by atoms with Crippen LogP contribution in [0.5, 0.6) is 5.75 Å². The second-order valence-electron chi connectivity index (χ2n) is 6.70. The highest BCUT2D eigenvalue weighted by molar-refractivity contribution is 5.74. The summed E-state index contributed by atoms with van der Waals surface area (Å²) in [6.45, 7) is 3.52. The van der Waals surface area contributed by atoms with E-state index in [1.165, 1.54) is 24.0 Å². The molecular formula is C18H24N2O3. The molecule has 4 rings (SSSR count). The van der Waals surface area contributed by atoms with Gasteiger partial charge in [-0.25, -0.2) is 4.79 Å². The molecule has 3 aliphatic rings. The van der Waals surface area contributed by atoms with Crippen molar-refractivity contribution >= 4 is 6.03 Å². The van der Waals surface area contributed by atoms with Gasteiger partial charge in [0.1, 0.15) is 5.75 Å². The van der Waals surface area contributed by atoms with Gasteiger partial charge in [0.2, 0.25) is 0 Å². The SMILES string of the molecule is O=C(NCCc1ccc2c(c1)CCO2)N1CCOC[C@@H]1C1CC1. The lowest BCUT2D eigenvalue weighted by Crippen LogP contribution is -2.53. The highest BCUT2D eigenvalue weighted by atomic mass is 16.5. The topological polar surface area (TPSA) is 50.8 Å². The molecule has 2 fully saturated rings. The maximum Gasteiger partial charge on any atom is 0.317 e. The minimum Gasteiger partial charge on any atom is -0.493 e. The number of hydrogen-bond donors (Lipinski definition) is 1. The third kappa shape index (κ3) is 3.29. The summed E-state index contributed by atoms with van der Waals surface area (Å²) in [6.07, 6.45) is 4.31. The zero-order chi connectivity index (χ0) is 15.6. The van der Waals surface area contributed by atoms with Crippen LogP contribution in [0, 0.1) is 5.92 Å². The maximum atomic E-state index is 12.5. The van der Waals surface area contributed by atoms with Crippen molar-refractivity contribution in [2.24, 2.45) is 5.92 Å². The number of fused-ring (bicyclic) bond motifs is 1. The van der Waals surface area contributed by atoms with Gasteiger partial charge in [0.25, 0.3) is 0 Å². The molecule has 2 aliphatic heterocycles. The van der Waals surface area contributed by atoms with Crippen molar-refractivity contribution in [2.75, 3.05) is 32.9 Å². The van der Waals surface area contributed by atoms with Crippen molar-refractivity contribution in [3.63, 3.8) is 0 Å². The molecule has 23 heavy (non-hydrogen) atoms. The van der Waals surface area contributed by atoms with E-state index in [0.29, 0.717) is 32.2 Å². The summed E-state index contributed by atoms with van der Waals surface area (Å²) < 4.78 is 11.1. The van der Waals surface area contributed by atoms with Crippen LogP contribution in [0.2, 0.25) is 0 Å². The Bertz CT molecular complexity index is 586. The second kappa shape index (κ2) is 6.40. The zero-order valence-electron chi connectivity index (χ0n) is 13.4. The number of amides is 2. The fourth-order valence-corrected chi connectivity index (χ4v) is 3.56. The van der Waals surface area contributed by atoms with Gasteiger partial charge in [-0.1, -0.05) is 12.1 Å². The average molecular weight is 316 g/mol. The van der Waals surface area contributed by atoms with Gasteiger partial charge < -0.3 is 19.7 Å². The molecule has 2 amide bonds. The predicted octanol–water partition coefficient (Wildman–Crippen LogP) is 1.98. The van der Waals surface area contributed by atoms with Crippen LogP contribution in [0.4, 0.5) is 4.79 Å². The minimum absolute atomic E-state index is 0.0645. The number of hydrogen-bond acceptors (Lipinski definition) is 3. The van der Waals surface area contributed by atoms with Gasteiger partial charge in [-0.3, -0.25) is 0 Å². The number of ether oxygens (including phenoxy) is 2. The molecule has 2 heterocycles. The van der Waals surface area contributed by atoms with Crippen LogP contribution in [0.1, 0.15) is 24.0 Å². The number of carbonyl (C=O) groups is 1. The first kappa shape index (κ1) is 14.8. The molecule has 0 spiro atoms. The highest BCUT2D eigenvalue weighted by Crippen LogP contribution is 2.36. The lowest BCUT2D eigenvalue weighted by Gasteiger charge is -2.35. The summed E-state index contributed by atoms with van der Waals surface area (Å²) in [5, 5.41) is 3.08. The van der Waals surface area contributed by atoms with Gasteiger partial charge in [0, 0.05) is 19.5 Å². The van der Waals surface area contributed by atoms with Crippen molar-refractivity contribution in [3.8, 4) is 5.75 Å².